The van der Waals surface area contributed by atoms with Crippen molar-refractivity contribution in [3.8, 4) is 11.8 Å². The highest BCUT2D eigenvalue weighted by Gasteiger charge is 2.26. The number of benzene rings is 1. The summed E-state index contributed by atoms with van der Waals surface area (Å²) < 4.78 is 4.93. The van der Waals surface area contributed by atoms with Crippen molar-refractivity contribution in [1.82, 2.24) is 25.1 Å². The molecule has 1 aromatic heterocycles. The molecule has 1 atom stereocenters. The molecule has 3 rings (SSSR count). The third-order valence-corrected chi connectivity index (χ3v) is 6.66. The fourth-order valence-corrected chi connectivity index (χ4v) is 4.50. The molecule has 2 aromatic rings. The number of unbranched alkanes of at least 4 members (excludes halogenated alkanes) is 1. The number of rotatable bonds is 15. The summed E-state index contributed by atoms with van der Waals surface area (Å²) in [5.41, 5.74) is 2.35. The molecular formula is C32H45N9O3. The van der Waals surface area contributed by atoms with Gasteiger partial charge in [0, 0.05) is 49.6 Å². The first kappa shape index (κ1) is 34.0. The zero-order valence-corrected chi connectivity index (χ0v) is 26.2. The van der Waals surface area contributed by atoms with Gasteiger partial charge >= 0.3 is 6.09 Å². The van der Waals surface area contributed by atoms with Gasteiger partial charge < -0.3 is 30.6 Å². The molecule has 0 saturated carbocycles. The van der Waals surface area contributed by atoms with E-state index in [4.69, 9.17) is 10.1 Å². The third kappa shape index (κ3) is 11.0. The van der Waals surface area contributed by atoms with Gasteiger partial charge in [0.15, 0.2) is 0 Å². The first-order valence-corrected chi connectivity index (χ1v) is 15.1. The van der Waals surface area contributed by atoms with Gasteiger partial charge in [0.05, 0.1) is 30.2 Å². The maximum atomic E-state index is 12.6. The molecular weight excluding hydrogens is 558 g/mol. The van der Waals surface area contributed by atoms with Crippen LogP contribution in [-0.2, 0) is 9.53 Å². The minimum Gasteiger partial charge on any atom is -0.450 e. The molecule has 44 heavy (non-hydrogen) atoms. The topological polar surface area (TPSA) is 148 Å². The normalized spacial score (nSPS) is 14.3. The van der Waals surface area contributed by atoms with Crippen LogP contribution in [-0.4, -0.2) is 91.0 Å². The van der Waals surface area contributed by atoms with Crippen LogP contribution in [0.1, 0.15) is 57.1 Å². The van der Waals surface area contributed by atoms with E-state index in [-0.39, 0.29) is 18.7 Å². The zero-order chi connectivity index (χ0) is 31.7. The smallest absolute Gasteiger partial charge is 0.411 e. The first-order valence-electron chi connectivity index (χ1n) is 15.1. The predicted molar refractivity (Wildman–Crippen MR) is 176 cm³/mol. The van der Waals surface area contributed by atoms with Gasteiger partial charge in [0.25, 0.3) is 0 Å². The Labute approximate surface area is 260 Å². The Kier molecular flexibility index (Phi) is 14.1. The number of ether oxygens (including phenoxy) is 1. The number of nitrogens with zero attached hydrogens (tertiary/aromatic N) is 4. The fraction of sp³-hybridized carbons (Fsp3) is 0.469. The Morgan fingerprint density at radius 3 is 2.84 bits per heavy atom. The molecule has 5 N–H and O–H groups in total. The number of aromatic nitrogens is 2. The molecule has 12 heteroatoms. The Morgan fingerprint density at radius 1 is 1.25 bits per heavy atom. The first-order chi connectivity index (χ1) is 21.3. The number of hydrogen-bond donors (Lipinski definition) is 5. The summed E-state index contributed by atoms with van der Waals surface area (Å²) in [5, 5.41) is 20.4. The van der Waals surface area contributed by atoms with Crippen molar-refractivity contribution >= 4 is 41.4 Å². The standard InChI is InChI=1S/C32H45N9O3/c1-5-17-35-30-24(12-8-7-9-18-34-28-13-10-20-41(28)29(42)14-11-19-40(3)4)23-36-31(39-30)37-26-15-16-27(25(21-26)22-33)38-32(43)44-6-2/h11,14-16,21-23,28,33-34H,5-7,9-10,13,17-20H2,1-4H3,(H,38,43)(H2,35,36,37,39)/b14-11+,33-22?/t28-/m0/s1. The van der Waals surface area contributed by atoms with Crippen molar-refractivity contribution in [2.75, 3.05) is 62.8 Å². The second-order valence-corrected chi connectivity index (χ2v) is 10.5. The maximum absolute atomic E-state index is 12.6. The van der Waals surface area contributed by atoms with Crippen molar-refractivity contribution in [1.29, 1.82) is 5.41 Å². The number of amides is 2. The molecule has 12 nitrogen and oxygen atoms in total. The minimum atomic E-state index is -0.574. The van der Waals surface area contributed by atoms with E-state index in [2.05, 4.69) is 50.0 Å². The number of likely N-dealkylation sites (N-methyl/N-ethyl adjacent to an activating group) is 1. The number of carbonyl (C=O) groups is 2. The number of carbonyl (C=O) groups excluding carboxylic acids is 2. The maximum Gasteiger partial charge on any atom is 0.411 e. The Morgan fingerprint density at radius 2 is 2.09 bits per heavy atom. The Hall–Kier alpha value is -4.47. The van der Waals surface area contributed by atoms with E-state index < -0.39 is 6.09 Å². The van der Waals surface area contributed by atoms with Crippen LogP contribution in [0.15, 0.2) is 36.5 Å². The molecule has 0 unspecified atom stereocenters. The minimum absolute atomic E-state index is 0.0601. The van der Waals surface area contributed by atoms with Crippen molar-refractivity contribution in [2.24, 2.45) is 0 Å². The van der Waals surface area contributed by atoms with E-state index in [1.54, 1.807) is 37.4 Å². The Bertz CT molecular complexity index is 1350. The zero-order valence-electron chi connectivity index (χ0n) is 26.2. The lowest BCUT2D eigenvalue weighted by atomic mass is 10.1. The number of likely N-dealkylation sites (tertiary alicyclic amines) is 1. The highest BCUT2D eigenvalue weighted by Crippen LogP contribution is 2.23. The lowest BCUT2D eigenvalue weighted by molar-refractivity contribution is -0.127. The van der Waals surface area contributed by atoms with Crippen molar-refractivity contribution in [2.45, 2.75) is 52.1 Å². The largest absolute Gasteiger partial charge is 0.450 e. The van der Waals surface area contributed by atoms with Gasteiger partial charge in [0.2, 0.25) is 11.9 Å². The fourth-order valence-electron chi connectivity index (χ4n) is 4.50. The van der Waals surface area contributed by atoms with Crippen LogP contribution in [0.2, 0.25) is 0 Å². The summed E-state index contributed by atoms with van der Waals surface area (Å²) in [6.07, 6.45) is 10.4. The van der Waals surface area contributed by atoms with E-state index in [0.29, 0.717) is 40.7 Å². The highest BCUT2D eigenvalue weighted by atomic mass is 16.5. The van der Waals surface area contributed by atoms with Crippen molar-refractivity contribution in [3.05, 3.63) is 47.7 Å². The summed E-state index contributed by atoms with van der Waals surface area (Å²) in [4.78, 5) is 37.4. The molecule has 1 aromatic carbocycles. The molecule has 2 heterocycles. The highest BCUT2D eigenvalue weighted by molar-refractivity contribution is 5.95. The average Bonchev–Trinajstić information content (AvgIpc) is 3.48. The van der Waals surface area contributed by atoms with Crippen LogP contribution in [0.3, 0.4) is 0 Å². The number of hydrogen-bond acceptors (Lipinski definition) is 10. The number of anilines is 4. The summed E-state index contributed by atoms with van der Waals surface area (Å²) in [7, 11) is 3.96. The van der Waals surface area contributed by atoms with Crippen LogP contribution in [0.25, 0.3) is 0 Å². The van der Waals surface area contributed by atoms with Gasteiger partial charge in [0.1, 0.15) is 5.82 Å². The molecule has 236 valence electrons. The quantitative estimate of drug-likeness (QED) is 0.0865. The van der Waals surface area contributed by atoms with Gasteiger partial charge in [-0.3, -0.25) is 15.4 Å². The average molecular weight is 604 g/mol. The molecule has 1 fully saturated rings. The molecule has 1 saturated heterocycles. The van der Waals surface area contributed by atoms with Gasteiger partial charge in [-0.1, -0.05) is 24.8 Å². The van der Waals surface area contributed by atoms with Crippen molar-refractivity contribution in [3.63, 3.8) is 0 Å². The molecule has 1 aliphatic rings. The van der Waals surface area contributed by atoms with E-state index in [1.165, 1.54) is 0 Å². The van der Waals surface area contributed by atoms with Crippen LogP contribution >= 0.6 is 0 Å². The SMILES string of the molecule is CCCNc1nc(Nc2ccc(NC(=O)OCC)c(C=N)c2)ncc1C#CCCCN[C@@H]1CCCN1C(=O)/C=C/CN(C)C. The molecule has 0 aliphatic carbocycles. The van der Waals surface area contributed by atoms with E-state index in [9.17, 15) is 9.59 Å². The van der Waals surface area contributed by atoms with Gasteiger partial charge in [-0.2, -0.15) is 4.98 Å². The van der Waals surface area contributed by atoms with E-state index in [0.717, 1.165) is 58.1 Å². The lowest BCUT2D eigenvalue weighted by Crippen LogP contribution is -2.44. The molecule has 1 aliphatic heterocycles. The van der Waals surface area contributed by atoms with Crippen LogP contribution in [0.4, 0.5) is 27.9 Å². The van der Waals surface area contributed by atoms with Gasteiger partial charge in [-0.25, -0.2) is 9.78 Å². The van der Waals surface area contributed by atoms with Gasteiger partial charge in [-0.15, -0.1) is 0 Å². The monoisotopic (exact) mass is 603 g/mol. The molecule has 2 amide bonds. The summed E-state index contributed by atoms with van der Waals surface area (Å²) in [6, 6.07) is 5.18. The summed E-state index contributed by atoms with van der Waals surface area (Å²) in [5.74, 6) is 7.52. The van der Waals surface area contributed by atoms with Crippen LogP contribution in [0, 0.1) is 17.3 Å². The van der Waals surface area contributed by atoms with Crippen LogP contribution in [0.5, 0.6) is 0 Å². The van der Waals surface area contributed by atoms with Crippen LogP contribution < -0.4 is 21.3 Å². The second-order valence-electron chi connectivity index (χ2n) is 10.5. The summed E-state index contributed by atoms with van der Waals surface area (Å²) in [6.45, 7) is 7.10. The molecule has 0 spiro atoms. The Balaban J connectivity index is 1.57. The van der Waals surface area contributed by atoms with E-state index >= 15 is 0 Å². The molecule has 0 bridgehead atoms. The summed E-state index contributed by atoms with van der Waals surface area (Å²) >= 11 is 0. The van der Waals surface area contributed by atoms with E-state index in [1.807, 2.05) is 30.0 Å². The molecule has 0 radical (unpaired) electrons. The second kappa shape index (κ2) is 18.3. The third-order valence-electron chi connectivity index (χ3n) is 6.66. The number of nitrogens with one attached hydrogen (secondary N) is 5. The van der Waals surface area contributed by atoms with Crippen molar-refractivity contribution < 1.29 is 14.3 Å². The lowest BCUT2D eigenvalue weighted by Gasteiger charge is -2.24. The van der Waals surface area contributed by atoms with Gasteiger partial charge in [-0.05, 0) is 71.4 Å². The predicted octanol–water partition coefficient (Wildman–Crippen LogP) is 4.40.